The van der Waals surface area contributed by atoms with Gasteiger partial charge < -0.3 is 9.64 Å². The van der Waals surface area contributed by atoms with E-state index in [2.05, 4.69) is 11.0 Å². The van der Waals surface area contributed by atoms with Crippen molar-refractivity contribution in [2.45, 2.75) is 6.92 Å². The molecule has 0 N–H and O–H groups in total. The van der Waals surface area contributed by atoms with Crippen LogP contribution in [0.3, 0.4) is 0 Å². The molecule has 2 rings (SSSR count). The van der Waals surface area contributed by atoms with Gasteiger partial charge in [0.1, 0.15) is 24.4 Å². The lowest BCUT2D eigenvalue weighted by Gasteiger charge is -2.19. The molecule has 0 aliphatic heterocycles. The van der Waals surface area contributed by atoms with Gasteiger partial charge in [-0.15, -0.1) is 0 Å². The fourth-order valence-corrected chi connectivity index (χ4v) is 2.53. The van der Waals surface area contributed by atoms with Crippen LogP contribution in [0.5, 0.6) is 0 Å². The van der Waals surface area contributed by atoms with Crippen molar-refractivity contribution in [3.8, 4) is 12.1 Å². The average Bonchev–Trinajstić information content (AvgIpc) is 2.65. The van der Waals surface area contributed by atoms with Crippen LogP contribution in [-0.4, -0.2) is 33.5 Å². The molecule has 0 aliphatic carbocycles. The maximum Gasteiger partial charge on any atom is 0.133 e. The van der Waals surface area contributed by atoms with Gasteiger partial charge in [0, 0.05) is 19.3 Å². The summed E-state index contributed by atoms with van der Waals surface area (Å²) in [6.45, 7) is 2.61. The lowest BCUT2D eigenvalue weighted by Crippen LogP contribution is -2.22. The second-order valence-electron chi connectivity index (χ2n) is 5.69. The molecule has 5 heteroatoms. The van der Waals surface area contributed by atoms with Crippen LogP contribution in [0.4, 0.5) is 10.1 Å². The van der Waals surface area contributed by atoms with Gasteiger partial charge in [0.25, 0.3) is 0 Å². The number of hydrogen-bond donors (Lipinski definition) is 0. The number of likely N-dealkylation sites (N-methyl/N-ethyl adjacent to an activating group) is 1. The molecule has 0 bridgehead atoms. The van der Waals surface area contributed by atoms with E-state index in [1.54, 1.807) is 6.92 Å². The second kappa shape index (κ2) is 8.82. The van der Waals surface area contributed by atoms with Crippen molar-refractivity contribution in [1.82, 2.24) is 0 Å². The lowest BCUT2D eigenvalue weighted by atomic mass is 9.99. The van der Waals surface area contributed by atoms with E-state index in [1.165, 1.54) is 0 Å². The number of halogens is 1. The summed E-state index contributed by atoms with van der Waals surface area (Å²) >= 11 is 0. The molecule has 0 aliphatic rings. The van der Waals surface area contributed by atoms with Gasteiger partial charge >= 0.3 is 0 Å². The summed E-state index contributed by atoms with van der Waals surface area (Å²) in [5, 5.41) is 20.1. The summed E-state index contributed by atoms with van der Waals surface area (Å²) in [4.78, 5) is 2.06. The van der Waals surface area contributed by atoms with E-state index in [9.17, 15) is 4.39 Å². The Morgan fingerprint density at radius 2 is 1.76 bits per heavy atom. The molecule has 0 saturated carbocycles. The zero-order valence-electron chi connectivity index (χ0n) is 14.4. The topological polar surface area (TPSA) is 60.0 Å². The number of alkyl halides is 1. The molecule has 2 aromatic carbocycles. The van der Waals surface area contributed by atoms with Crippen molar-refractivity contribution in [3.63, 3.8) is 0 Å². The maximum atomic E-state index is 12.0. The van der Waals surface area contributed by atoms with Crippen molar-refractivity contribution >= 4 is 22.0 Å². The first-order valence-corrected chi connectivity index (χ1v) is 8.00. The minimum atomic E-state index is -0.463. The van der Waals surface area contributed by atoms with Crippen LogP contribution in [0, 0.1) is 22.7 Å². The number of benzene rings is 2. The first kappa shape index (κ1) is 18.4. The van der Waals surface area contributed by atoms with Crippen LogP contribution >= 0.6 is 0 Å². The van der Waals surface area contributed by atoms with E-state index in [4.69, 9.17) is 15.3 Å². The molecule has 128 valence electrons. The Bertz CT molecular complexity index is 845. The van der Waals surface area contributed by atoms with Crippen molar-refractivity contribution in [3.05, 3.63) is 47.5 Å². The molecule has 0 saturated heterocycles. The van der Waals surface area contributed by atoms with Crippen LogP contribution in [-0.2, 0) is 4.74 Å². The van der Waals surface area contributed by atoms with E-state index < -0.39 is 6.67 Å². The standard InChI is InChI=1S/C20H20FN3O/c1-15(19(13-22)14-23)16-3-4-18-12-20(6-5-17(18)11-16)24(2)8-10-25-9-7-21/h3-6,11-12H,7-10H2,1-2H3. The summed E-state index contributed by atoms with van der Waals surface area (Å²) in [7, 11) is 1.97. The third-order valence-corrected chi connectivity index (χ3v) is 4.09. The summed E-state index contributed by atoms with van der Waals surface area (Å²) in [6.07, 6.45) is 0. The summed E-state index contributed by atoms with van der Waals surface area (Å²) in [6, 6.07) is 15.8. The molecule has 0 amide bonds. The first-order valence-electron chi connectivity index (χ1n) is 8.00. The number of nitriles is 2. The van der Waals surface area contributed by atoms with Crippen molar-refractivity contribution in [2.75, 3.05) is 38.4 Å². The number of hydrogen-bond acceptors (Lipinski definition) is 4. The minimum absolute atomic E-state index is 0.129. The Hall–Kier alpha value is -2.89. The summed E-state index contributed by atoms with van der Waals surface area (Å²) < 4.78 is 17.2. The average molecular weight is 337 g/mol. The highest BCUT2D eigenvalue weighted by Gasteiger charge is 2.07. The summed E-state index contributed by atoms with van der Waals surface area (Å²) in [5.41, 5.74) is 2.72. The molecule has 0 atom stereocenters. The van der Waals surface area contributed by atoms with E-state index >= 15 is 0 Å². The lowest BCUT2D eigenvalue weighted by molar-refractivity contribution is 0.125. The second-order valence-corrected chi connectivity index (χ2v) is 5.69. The number of allylic oxidation sites excluding steroid dienone is 2. The normalized spacial score (nSPS) is 10.1. The van der Waals surface area contributed by atoms with Crippen molar-refractivity contribution in [1.29, 1.82) is 10.5 Å². The fourth-order valence-electron chi connectivity index (χ4n) is 2.53. The Morgan fingerprint density at radius 3 is 2.44 bits per heavy atom. The molecule has 0 spiro atoms. The first-order chi connectivity index (χ1) is 12.1. The quantitative estimate of drug-likeness (QED) is 0.564. The van der Waals surface area contributed by atoms with Crippen LogP contribution in [0.25, 0.3) is 16.3 Å². The van der Waals surface area contributed by atoms with Gasteiger partial charge in [-0.3, -0.25) is 0 Å². The van der Waals surface area contributed by atoms with Crippen LogP contribution in [0.15, 0.2) is 42.0 Å². The van der Waals surface area contributed by atoms with Crippen molar-refractivity contribution < 1.29 is 9.13 Å². The Labute approximate surface area is 147 Å². The summed E-state index contributed by atoms with van der Waals surface area (Å²) in [5.74, 6) is 0. The molecule has 0 unspecified atom stereocenters. The van der Waals surface area contributed by atoms with E-state index in [0.29, 0.717) is 18.7 Å². The van der Waals surface area contributed by atoms with E-state index in [0.717, 1.165) is 22.0 Å². The SMILES string of the molecule is CC(=C(C#N)C#N)c1ccc2cc(N(C)CCOCCF)ccc2c1. The van der Waals surface area contributed by atoms with Gasteiger partial charge in [-0.05, 0) is 47.0 Å². The van der Waals surface area contributed by atoms with Gasteiger partial charge in [0.2, 0.25) is 0 Å². The van der Waals surface area contributed by atoms with Crippen molar-refractivity contribution in [2.24, 2.45) is 0 Å². The third-order valence-electron chi connectivity index (χ3n) is 4.09. The Kier molecular flexibility index (Phi) is 6.51. The molecular weight excluding hydrogens is 317 g/mol. The van der Waals surface area contributed by atoms with Crippen LogP contribution in [0.1, 0.15) is 12.5 Å². The molecule has 2 aromatic rings. The Morgan fingerprint density at radius 1 is 1.08 bits per heavy atom. The van der Waals surface area contributed by atoms with Crippen LogP contribution < -0.4 is 4.90 Å². The largest absolute Gasteiger partial charge is 0.377 e. The van der Waals surface area contributed by atoms with E-state index in [-0.39, 0.29) is 12.2 Å². The predicted molar refractivity (Wildman–Crippen MR) is 97.8 cm³/mol. The monoisotopic (exact) mass is 337 g/mol. The van der Waals surface area contributed by atoms with Gasteiger partial charge in [-0.2, -0.15) is 10.5 Å². The third kappa shape index (κ3) is 4.56. The highest BCUT2D eigenvalue weighted by Crippen LogP contribution is 2.26. The highest BCUT2D eigenvalue weighted by molar-refractivity contribution is 5.89. The zero-order chi connectivity index (χ0) is 18.2. The number of fused-ring (bicyclic) bond motifs is 1. The molecule has 4 nitrogen and oxygen atoms in total. The number of rotatable bonds is 7. The maximum absolute atomic E-state index is 12.0. The van der Waals surface area contributed by atoms with Gasteiger partial charge in [-0.25, -0.2) is 4.39 Å². The molecule has 0 fully saturated rings. The highest BCUT2D eigenvalue weighted by atomic mass is 19.1. The zero-order valence-corrected chi connectivity index (χ0v) is 14.4. The number of nitrogens with zero attached hydrogens (tertiary/aromatic N) is 3. The molecule has 25 heavy (non-hydrogen) atoms. The number of anilines is 1. The van der Waals surface area contributed by atoms with Gasteiger partial charge in [-0.1, -0.05) is 18.2 Å². The Balaban J connectivity index is 2.23. The fraction of sp³-hybridized carbons (Fsp3) is 0.300. The molecular formula is C20H20FN3O. The molecule has 0 radical (unpaired) electrons. The molecule has 0 aromatic heterocycles. The minimum Gasteiger partial charge on any atom is -0.377 e. The van der Waals surface area contributed by atoms with Gasteiger partial charge in [0.05, 0.1) is 13.2 Å². The van der Waals surface area contributed by atoms with E-state index in [1.807, 2.05) is 49.5 Å². The van der Waals surface area contributed by atoms with Gasteiger partial charge in [0.15, 0.2) is 0 Å². The smallest absolute Gasteiger partial charge is 0.133 e. The predicted octanol–water partition coefficient (Wildman–Crippen LogP) is 4.08. The molecule has 0 heterocycles. The number of ether oxygens (including phenoxy) is 1. The van der Waals surface area contributed by atoms with Crippen LogP contribution in [0.2, 0.25) is 0 Å².